The summed E-state index contributed by atoms with van der Waals surface area (Å²) in [6, 6.07) is 14.1. The van der Waals surface area contributed by atoms with E-state index in [0.717, 1.165) is 4.47 Å². The van der Waals surface area contributed by atoms with Gasteiger partial charge in [-0.3, -0.25) is 10.2 Å². The second-order valence-electron chi connectivity index (χ2n) is 4.53. The fourth-order valence-corrected chi connectivity index (χ4v) is 2.73. The Morgan fingerprint density at radius 3 is 2.33 bits per heavy atom. The zero-order valence-corrected chi connectivity index (χ0v) is 14.6. The first-order valence-electron chi connectivity index (χ1n) is 6.60. The third-order valence-electron chi connectivity index (χ3n) is 2.80. The predicted molar refractivity (Wildman–Crippen MR) is 89.3 cm³/mol. The second-order valence-corrected chi connectivity index (χ2v) is 7.13. The maximum absolute atomic E-state index is 12.0. The van der Waals surface area contributed by atoms with Crippen molar-refractivity contribution in [2.24, 2.45) is 0 Å². The van der Waals surface area contributed by atoms with Crippen molar-refractivity contribution in [2.75, 3.05) is 6.61 Å². The van der Waals surface area contributed by atoms with Crippen molar-refractivity contribution in [2.45, 2.75) is 4.90 Å². The number of carbonyl (C=O) groups is 1. The molecule has 0 fully saturated rings. The molecule has 0 saturated heterocycles. The molecule has 0 bridgehead atoms. The van der Waals surface area contributed by atoms with Crippen molar-refractivity contribution in [3.63, 3.8) is 0 Å². The summed E-state index contributed by atoms with van der Waals surface area (Å²) in [7, 11) is -3.86. The third kappa shape index (κ3) is 5.06. The van der Waals surface area contributed by atoms with Gasteiger partial charge in [0.25, 0.3) is 15.9 Å². The summed E-state index contributed by atoms with van der Waals surface area (Å²) >= 11 is 3.21. The Morgan fingerprint density at radius 1 is 1.12 bits per heavy atom. The number of carbonyl (C=O) groups excluding carboxylic acids is 1. The van der Waals surface area contributed by atoms with E-state index in [1.54, 1.807) is 24.3 Å². The molecule has 0 heterocycles. The Bertz CT molecular complexity index is 859. The van der Waals surface area contributed by atoms with E-state index in [1.807, 2.05) is 10.9 Å². The molecular weight excluding hydrogens is 398 g/mol. The van der Waals surface area contributed by atoms with Gasteiger partial charge < -0.3 is 4.74 Å². The number of hydrazine groups is 1. The van der Waals surface area contributed by atoms with E-state index in [4.69, 9.17) is 10.00 Å². The Labute approximate surface area is 147 Å². The van der Waals surface area contributed by atoms with Crippen LogP contribution in [-0.2, 0) is 14.8 Å². The van der Waals surface area contributed by atoms with Crippen LogP contribution in [-0.4, -0.2) is 20.9 Å². The summed E-state index contributed by atoms with van der Waals surface area (Å²) in [4.78, 5) is 13.6. The van der Waals surface area contributed by atoms with Gasteiger partial charge in [-0.15, -0.1) is 4.83 Å². The van der Waals surface area contributed by atoms with Gasteiger partial charge in [0.15, 0.2) is 6.61 Å². The first-order valence-corrected chi connectivity index (χ1v) is 8.87. The summed E-state index contributed by atoms with van der Waals surface area (Å²) in [6.45, 7) is -0.380. The number of hydrogen-bond donors (Lipinski definition) is 2. The van der Waals surface area contributed by atoms with Crippen LogP contribution in [0.3, 0.4) is 0 Å². The number of nitriles is 1. The lowest BCUT2D eigenvalue weighted by atomic mass is 10.2. The number of nitrogens with one attached hydrogen (secondary N) is 2. The van der Waals surface area contributed by atoms with Crippen molar-refractivity contribution >= 4 is 31.9 Å². The largest absolute Gasteiger partial charge is 0.484 e. The van der Waals surface area contributed by atoms with Gasteiger partial charge in [-0.2, -0.15) is 5.26 Å². The van der Waals surface area contributed by atoms with Gasteiger partial charge in [-0.05, 0) is 48.5 Å². The van der Waals surface area contributed by atoms with Crippen LogP contribution in [0.1, 0.15) is 5.56 Å². The molecule has 0 aliphatic heterocycles. The maximum atomic E-state index is 12.0. The first kappa shape index (κ1) is 17.9. The van der Waals surface area contributed by atoms with Crippen molar-refractivity contribution in [3.05, 3.63) is 58.6 Å². The van der Waals surface area contributed by atoms with Gasteiger partial charge in [-0.1, -0.05) is 15.9 Å². The molecule has 1 amide bonds. The molecule has 0 saturated carbocycles. The van der Waals surface area contributed by atoms with E-state index < -0.39 is 15.9 Å². The molecule has 0 spiro atoms. The van der Waals surface area contributed by atoms with E-state index in [9.17, 15) is 13.2 Å². The molecule has 124 valence electrons. The van der Waals surface area contributed by atoms with Crippen molar-refractivity contribution in [1.29, 1.82) is 5.26 Å². The van der Waals surface area contributed by atoms with Gasteiger partial charge in [0.2, 0.25) is 0 Å². The molecule has 0 atom stereocenters. The predicted octanol–water partition coefficient (Wildman–Crippen LogP) is 1.71. The molecule has 2 N–H and O–H groups in total. The van der Waals surface area contributed by atoms with E-state index in [-0.39, 0.29) is 11.5 Å². The zero-order valence-electron chi connectivity index (χ0n) is 12.2. The average molecular weight is 410 g/mol. The van der Waals surface area contributed by atoms with Crippen LogP contribution in [0.15, 0.2) is 57.9 Å². The Kier molecular flexibility index (Phi) is 5.92. The molecule has 0 unspecified atom stereocenters. The summed E-state index contributed by atoms with van der Waals surface area (Å²) in [6.07, 6.45) is 0. The van der Waals surface area contributed by atoms with Crippen LogP contribution in [0.5, 0.6) is 5.75 Å². The van der Waals surface area contributed by atoms with E-state index >= 15 is 0 Å². The van der Waals surface area contributed by atoms with Crippen LogP contribution in [0.2, 0.25) is 0 Å². The number of amides is 1. The molecule has 2 aromatic rings. The summed E-state index contributed by atoms with van der Waals surface area (Å²) < 4.78 is 29.9. The van der Waals surface area contributed by atoms with E-state index in [1.165, 1.54) is 24.3 Å². The lowest BCUT2D eigenvalue weighted by Gasteiger charge is -2.09. The lowest BCUT2D eigenvalue weighted by Crippen LogP contribution is -2.43. The van der Waals surface area contributed by atoms with Gasteiger partial charge in [-0.25, -0.2) is 8.42 Å². The number of hydrogen-bond acceptors (Lipinski definition) is 5. The highest BCUT2D eigenvalue weighted by Crippen LogP contribution is 2.14. The first-order chi connectivity index (χ1) is 11.4. The molecule has 0 aliphatic carbocycles. The zero-order chi connectivity index (χ0) is 17.6. The Morgan fingerprint density at radius 2 is 1.75 bits per heavy atom. The van der Waals surface area contributed by atoms with Gasteiger partial charge in [0, 0.05) is 4.47 Å². The van der Waals surface area contributed by atoms with Crippen LogP contribution >= 0.6 is 15.9 Å². The summed E-state index contributed by atoms with van der Waals surface area (Å²) in [5.74, 6) is -0.278. The second kappa shape index (κ2) is 7.92. The van der Waals surface area contributed by atoms with Crippen LogP contribution in [0.4, 0.5) is 0 Å². The smallest absolute Gasteiger partial charge is 0.272 e. The van der Waals surface area contributed by atoms with Crippen LogP contribution < -0.4 is 15.0 Å². The average Bonchev–Trinajstić information content (AvgIpc) is 2.59. The van der Waals surface area contributed by atoms with Gasteiger partial charge >= 0.3 is 0 Å². The van der Waals surface area contributed by atoms with Crippen molar-refractivity contribution in [1.82, 2.24) is 10.3 Å². The number of nitrogens with zero attached hydrogens (tertiary/aromatic N) is 1. The quantitative estimate of drug-likeness (QED) is 0.705. The Balaban J connectivity index is 1.86. The highest BCUT2D eigenvalue weighted by molar-refractivity contribution is 9.10. The number of benzene rings is 2. The van der Waals surface area contributed by atoms with Crippen molar-refractivity contribution < 1.29 is 17.9 Å². The SMILES string of the molecule is N#Cc1ccc(OCC(=O)NNS(=O)(=O)c2ccc(Br)cc2)cc1. The monoisotopic (exact) mass is 409 g/mol. The van der Waals surface area contributed by atoms with Gasteiger partial charge in [0.05, 0.1) is 16.5 Å². The van der Waals surface area contributed by atoms with E-state index in [2.05, 4.69) is 21.4 Å². The van der Waals surface area contributed by atoms with E-state index in [0.29, 0.717) is 11.3 Å². The highest BCUT2D eigenvalue weighted by Gasteiger charge is 2.15. The normalized spacial score (nSPS) is 10.7. The third-order valence-corrected chi connectivity index (χ3v) is 4.59. The van der Waals surface area contributed by atoms with Gasteiger partial charge in [0.1, 0.15) is 5.75 Å². The molecule has 9 heteroatoms. The fraction of sp³-hybridized carbons (Fsp3) is 0.0667. The minimum absolute atomic E-state index is 0.0130. The molecule has 2 aromatic carbocycles. The number of halogens is 1. The van der Waals surface area contributed by atoms with Crippen LogP contribution in [0, 0.1) is 11.3 Å². The highest BCUT2D eigenvalue weighted by atomic mass is 79.9. The minimum Gasteiger partial charge on any atom is -0.484 e. The summed E-state index contributed by atoms with van der Waals surface area (Å²) in [5.41, 5.74) is 2.53. The van der Waals surface area contributed by atoms with Crippen molar-refractivity contribution in [3.8, 4) is 11.8 Å². The fourth-order valence-electron chi connectivity index (χ4n) is 1.61. The molecule has 2 rings (SSSR count). The summed E-state index contributed by atoms with van der Waals surface area (Å²) in [5, 5.41) is 8.68. The standard InChI is InChI=1S/C15H12BrN3O4S/c16-12-3-7-14(8-4-12)24(21,22)19-18-15(20)10-23-13-5-1-11(9-17)2-6-13/h1-8,19H,10H2,(H,18,20). The van der Waals surface area contributed by atoms with Crippen LogP contribution in [0.25, 0.3) is 0 Å². The Hall–Kier alpha value is -2.41. The molecule has 24 heavy (non-hydrogen) atoms. The molecule has 0 aliphatic rings. The number of rotatable bonds is 6. The molecule has 7 nitrogen and oxygen atoms in total. The number of sulfonamides is 1. The maximum Gasteiger partial charge on any atom is 0.272 e. The molecule has 0 radical (unpaired) electrons. The lowest BCUT2D eigenvalue weighted by molar-refractivity contribution is -0.123. The molecular formula is C15H12BrN3O4S. The minimum atomic E-state index is -3.86. The number of ether oxygens (including phenoxy) is 1. The topological polar surface area (TPSA) is 108 Å². The molecule has 0 aromatic heterocycles.